The number of hydrogen-bond donors (Lipinski definition) is 0. The fourth-order valence-corrected chi connectivity index (χ4v) is 5.79. The number of nitrogens with zero attached hydrogens (tertiary/aromatic N) is 2. The minimum atomic E-state index is 0. The second-order valence-corrected chi connectivity index (χ2v) is 11.2. The van der Waals surface area contributed by atoms with Crippen LogP contribution in [0.15, 0.2) is 144 Å². The number of hydrogen-bond acceptors (Lipinski definition) is 6. The molecular weight excluding hydrogens is 575 g/mol. The van der Waals surface area contributed by atoms with Crippen LogP contribution in [0.2, 0.25) is 0 Å². The molecule has 0 N–H and O–H groups in total. The van der Waals surface area contributed by atoms with Crippen LogP contribution < -0.4 is 39.7 Å². The summed E-state index contributed by atoms with van der Waals surface area (Å²) in [5, 5.41) is 13.8. The third-order valence-electron chi connectivity index (χ3n) is 7.71. The molecule has 0 aromatic heterocycles. The summed E-state index contributed by atoms with van der Waals surface area (Å²) in [4.78, 5) is 5.63. The van der Waals surface area contributed by atoms with Gasteiger partial charge in [0, 0.05) is 36.3 Å². The van der Waals surface area contributed by atoms with Gasteiger partial charge in [0.25, 0.3) is 0 Å². The van der Waals surface area contributed by atoms with Gasteiger partial charge in [-0.25, -0.2) is 0 Å². The molecule has 220 valence electrons. The predicted octanol–water partition coefficient (Wildman–Crippen LogP) is 4.77. The Kier molecular flexibility index (Phi) is 13.5. The molecule has 0 bridgehead atoms. The van der Waals surface area contributed by atoms with Crippen LogP contribution in [0, 0.1) is 0 Å². The van der Waals surface area contributed by atoms with E-state index >= 15 is 0 Å². The molecule has 44 heavy (non-hydrogen) atoms. The first-order chi connectivity index (χ1) is 21.2. The van der Waals surface area contributed by atoms with Crippen molar-refractivity contribution >= 4 is 23.3 Å². The van der Waals surface area contributed by atoms with Crippen molar-refractivity contribution in [2.75, 3.05) is 18.0 Å². The van der Waals surface area contributed by atoms with Crippen molar-refractivity contribution in [3.05, 3.63) is 161 Å². The molecule has 5 nitrogen and oxygen atoms in total. The fraction of sp³-hybridized carbons (Fsp3) is 0.189. The first kappa shape index (κ1) is 34.0. The van der Waals surface area contributed by atoms with Gasteiger partial charge in [0.15, 0.2) is 0 Å². The zero-order chi connectivity index (χ0) is 29.9. The molecular formula is C37H37N2NaO3S. The van der Waals surface area contributed by atoms with Crippen molar-refractivity contribution in [2.24, 2.45) is 0 Å². The molecule has 0 atom stereocenters. The van der Waals surface area contributed by atoms with Crippen LogP contribution in [-0.2, 0) is 22.5 Å². The van der Waals surface area contributed by atoms with Crippen molar-refractivity contribution in [2.45, 2.75) is 37.9 Å². The molecule has 0 saturated carbocycles. The van der Waals surface area contributed by atoms with Crippen molar-refractivity contribution < 1.29 is 44.2 Å². The molecule has 0 aliphatic heterocycles. The summed E-state index contributed by atoms with van der Waals surface area (Å²) in [6.45, 7) is 8.03. The van der Waals surface area contributed by atoms with E-state index in [1.165, 1.54) is 16.8 Å². The normalized spacial score (nSPS) is 14.0. The number of benzene rings is 4. The van der Waals surface area contributed by atoms with Crippen molar-refractivity contribution in [1.29, 1.82) is 0 Å². The van der Waals surface area contributed by atoms with Gasteiger partial charge in [-0.2, -0.15) is 4.33 Å². The van der Waals surface area contributed by atoms with Gasteiger partial charge >= 0.3 is 29.6 Å². The van der Waals surface area contributed by atoms with E-state index in [1.54, 1.807) is 0 Å². The second kappa shape index (κ2) is 17.5. The summed E-state index contributed by atoms with van der Waals surface area (Å²) < 4.78 is 4.51. The third kappa shape index (κ3) is 9.07. The van der Waals surface area contributed by atoms with Crippen LogP contribution in [-0.4, -0.2) is 24.0 Å². The van der Waals surface area contributed by atoms with Gasteiger partial charge in [-0.3, -0.25) is 9.94 Å². The molecule has 5 rings (SSSR count). The monoisotopic (exact) mass is 612 g/mol. The SMILES string of the molecule is CCN(Cc1ccccc1)c1ccc(C(=C2C=CC(N(CC)Cc3ccccc3)C=C2)c2ccc(SOO[O-])cc2)cc1.[Na+]. The standard InChI is InChI=1S/C37H38N2O3S.Na/c1-3-38(27-29-11-7-5-8-12-29)34-21-15-31(16-22-34)37(33-19-25-36(26-20-33)43-42-41-40)32-17-23-35(24-18-32)39(4-2)28-30-13-9-6-10-14-30;/h5-26,34,40H,3-4,27-28H2,1-2H3;/q;+1/p-1. The molecule has 0 spiro atoms. The maximum Gasteiger partial charge on any atom is 1.00 e. The molecule has 0 radical (unpaired) electrons. The zero-order valence-electron chi connectivity index (χ0n) is 25.6. The summed E-state index contributed by atoms with van der Waals surface area (Å²) in [6, 6.07) is 38.2. The zero-order valence-corrected chi connectivity index (χ0v) is 28.5. The van der Waals surface area contributed by atoms with Crippen LogP contribution in [0.3, 0.4) is 0 Å². The molecule has 1 aliphatic carbocycles. The first-order valence-corrected chi connectivity index (χ1v) is 15.4. The van der Waals surface area contributed by atoms with Gasteiger partial charge in [0.05, 0.1) is 12.0 Å². The molecule has 0 unspecified atom stereocenters. The Balaban J connectivity index is 0.00000442. The summed E-state index contributed by atoms with van der Waals surface area (Å²) in [5.74, 6) is 0. The Hall–Kier alpha value is -2.91. The van der Waals surface area contributed by atoms with Crippen LogP contribution in [0.4, 0.5) is 5.69 Å². The molecule has 0 fully saturated rings. The van der Waals surface area contributed by atoms with Crippen LogP contribution in [0.25, 0.3) is 5.57 Å². The van der Waals surface area contributed by atoms with E-state index in [9.17, 15) is 5.26 Å². The second-order valence-electron chi connectivity index (χ2n) is 10.4. The van der Waals surface area contributed by atoms with E-state index in [0.29, 0.717) is 0 Å². The Labute approximate surface area is 287 Å². The van der Waals surface area contributed by atoms with Gasteiger partial charge in [-0.05, 0) is 71.1 Å². The predicted molar refractivity (Wildman–Crippen MR) is 175 cm³/mol. The summed E-state index contributed by atoms with van der Waals surface area (Å²) in [5.41, 5.74) is 8.31. The average molecular weight is 613 g/mol. The quantitative estimate of drug-likeness (QED) is 0.0939. The van der Waals surface area contributed by atoms with E-state index in [0.717, 1.165) is 65.4 Å². The molecule has 7 heteroatoms. The van der Waals surface area contributed by atoms with E-state index in [4.69, 9.17) is 0 Å². The Bertz CT molecular complexity index is 1510. The van der Waals surface area contributed by atoms with Crippen molar-refractivity contribution in [1.82, 2.24) is 4.90 Å². The van der Waals surface area contributed by atoms with E-state index < -0.39 is 0 Å². The topological polar surface area (TPSA) is 48.0 Å². The largest absolute Gasteiger partial charge is 1.00 e. The van der Waals surface area contributed by atoms with Gasteiger partial charge in [-0.1, -0.05) is 116 Å². The summed E-state index contributed by atoms with van der Waals surface area (Å²) in [6.07, 6.45) is 9.07. The molecule has 0 amide bonds. The van der Waals surface area contributed by atoms with Gasteiger partial charge < -0.3 is 10.2 Å². The van der Waals surface area contributed by atoms with Crippen LogP contribution >= 0.6 is 12.0 Å². The van der Waals surface area contributed by atoms with E-state index in [1.807, 2.05) is 12.1 Å². The Morgan fingerprint density at radius 3 is 1.77 bits per heavy atom. The minimum Gasteiger partial charge on any atom is -0.691 e. The van der Waals surface area contributed by atoms with Crippen molar-refractivity contribution in [3.8, 4) is 0 Å². The fourth-order valence-electron chi connectivity index (χ4n) is 5.44. The van der Waals surface area contributed by atoms with E-state index in [-0.39, 0.29) is 35.6 Å². The Morgan fingerprint density at radius 2 is 1.25 bits per heavy atom. The summed E-state index contributed by atoms with van der Waals surface area (Å²) in [7, 11) is 0. The summed E-state index contributed by atoms with van der Waals surface area (Å²) >= 11 is 0.897. The molecule has 4 aromatic rings. The number of allylic oxidation sites excluding steroid dienone is 3. The molecule has 4 aromatic carbocycles. The number of rotatable bonds is 13. The molecule has 0 heterocycles. The Morgan fingerprint density at radius 1 is 0.705 bits per heavy atom. The van der Waals surface area contributed by atoms with Crippen LogP contribution in [0.5, 0.6) is 0 Å². The van der Waals surface area contributed by atoms with Gasteiger partial charge in [-0.15, -0.1) is 0 Å². The molecule has 0 saturated heterocycles. The maximum atomic E-state index is 10.3. The molecule has 1 aliphatic rings. The average Bonchev–Trinajstić information content (AvgIpc) is 3.07. The number of anilines is 1. The maximum absolute atomic E-state index is 10.3. The van der Waals surface area contributed by atoms with Crippen molar-refractivity contribution in [3.63, 3.8) is 0 Å². The van der Waals surface area contributed by atoms with E-state index in [2.05, 4.69) is 154 Å². The van der Waals surface area contributed by atoms with Gasteiger partial charge in [0.2, 0.25) is 0 Å². The first-order valence-electron chi connectivity index (χ1n) is 14.7. The number of likely N-dealkylation sites (N-methyl/N-ethyl adjacent to an activating group) is 1. The third-order valence-corrected chi connectivity index (χ3v) is 8.30. The smallest absolute Gasteiger partial charge is 0.691 e. The van der Waals surface area contributed by atoms with Crippen LogP contribution in [0.1, 0.15) is 36.1 Å². The minimum absolute atomic E-state index is 0. The van der Waals surface area contributed by atoms with Gasteiger partial charge in [0.1, 0.15) is 0 Å².